The summed E-state index contributed by atoms with van der Waals surface area (Å²) in [7, 11) is 0. The van der Waals surface area contributed by atoms with Crippen molar-refractivity contribution in [2.24, 2.45) is 0 Å². The van der Waals surface area contributed by atoms with Crippen LogP contribution in [0.25, 0.3) is 0 Å². The van der Waals surface area contributed by atoms with Crippen LogP contribution in [0.5, 0.6) is 0 Å². The number of hydrogen-bond donors (Lipinski definition) is 2. The molecule has 1 aliphatic carbocycles. The van der Waals surface area contributed by atoms with Gasteiger partial charge in [-0.25, -0.2) is 0 Å². The molecule has 2 N–H and O–H groups in total. The first kappa shape index (κ1) is 13.6. The van der Waals surface area contributed by atoms with Gasteiger partial charge in [-0.3, -0.25) is 4.79 Å². The fraction of sp³-hybridized carbons (Fsp3) is 0.562. The lowest BCUT2D eigenvalue weighted by molar-refractivity contribution is -0.130. The Balaban J connectivity index is 1.50. The van der Waals surface area contributed by atoms with Gasteiger partial charge < -0.3 is 15.5 Å². The molecule has 0 bridgehead atoms. The molecule has 3 rings (SSSR count). The van der Waals surface area contributed by atoms with E-state index >= 15 is 0 Å². The summed E-state index contributed by atoms with van der Waals surface area (Å²) in [5.41, 5.74) is 1.46. The van der Waals surface area contributed by atoms with Crippen LogP contribution in [-0.4, -0.2) is 49.1 Å². The van der Waals surface area contributed by atoms with Crippen LogP contribution in [-0.2, 0) is 4.79 Å². The molecule has 20 heavy (non-hydrogen) atoms. The van der Waals surface area contributed by atoms with Crippen LogP contribution < -0.4 is 10.6 Å². The molecule has 108 valence electrons. The van der Waals surface area contributed by atoms with Gasteiger partial charge in [0.1, 0.15) is 0 Å². The average Bonchev–Trinajstić information content (AvgIpc) is 3.19. The van der Waals surface area contributed by atoms with Crippen molar-refractivity contribution in [2.45, 2.75) is 24.8 Å². The number of rotatable bonds is 4. The third-order valence-corrected chi connectivity index (χ3v) is 4.55. The molecule has 1 saturated carbocycles. The summed E-state index contributed by atoms with van der Waals surface area (Å²) in [4.78, 5) is 14.1. The van der Waals surface area contributed by atoms with E-state index in [1.807, 2.05) is 11.0 Å². The molecule has 4 nitrogen and oxygen atoms in total. The number of hydrogen-bond acceptors (Lipinski definition) is 3. The highest BCUT2D eigenvalue weighted by molar-refractivity contribution is 5.78. The molecule has 0 radical (unpaired) electrons. The van der Waals surface area contributed by atoms with Crippen molar-refractivity contribution in [3.8, 4) is 0 Å². The van der Waals surface area contributed by atoms with Gasteiger partial charge in [0, 0.05) is 37.6 Å². The van der Waals surface area contributed by atoms with E-state index < -0.39 is 0 Å². The van der Waals surface area contributed by atoms with Crippen molar-refractivity contribution in [1.29, 1.82) is 0 Å². The summed E-state index contributed by atoms with van der Waals surface area (Å²) in [6, 6.07) is 10.6. The molecular formula is C16H23N3O. The van der Waals surface area contributed by atoms with Crippen molar-refractivity contribution in [3.63, 3.8) is 0 Å². The fourth-order valence-electron chi connectivity index (χ4n) is 3.04. The van der Waals surface area contributed by atoms with E-state index in [0.717, 1.165) is 32.6 Å². The summed E-state index contributed by atoms with van der Waals surface area (Å²) < 4.78 is 0. The van der Waals surface area contributed by atoms with E-state index in [-0.39, 0.29) is 11.4 Å². The molecule has 0 aromatic heterocycles. The molecular weight excluding hydrogens is 250 g/mol. The minimum atomic E-state index is 0.0883. The Morgan fingerprint density at radius 2 is 2.05 bits per heavy atom. The topological polar surface area (TPSA) is 44.4 Å². The van der Waals surface area contributed by atoms with E-state index in [1.54, 1.807) is 0 Å². The lowest BCUT2D eigenvalue weighted by Crippen LogP contribution is -2.50. The smallest absolute Gasteiger partial charge is 0.236 e. The first-order valence-corrected chi connectivity index (χ1v) is 7.47. The maximum atomic E-state index is 12.2. The van der Waals surface area contributed by atoms with Crippen molar-refractivity contribution in [3.05, 3.63) is 35.9 Å². The van der Waals surface area contributed by atoms with Crippen LogP contribution >= 0.6 is 0 Å². The number of benzene rings is 1. The molecule has 1 aromatic carbocycles. The van der Waals surface area contributed by atoms with Gasteiger partial charge >= 0.3 is 0 Å². The molecule has 1 saturated heterocycles. The van der Waals surface area contributed by atoms with Gasteiger partial charge in [-0.1, -0.05) is 30.3 Å². The minimum absolute atomic E-state index is 0.0883. The van der Waals surface area contributed by atoms with Gasteiger partial charge in [0.05, 0.1) is 6.54 Å². The van der Waals surface area contributed by atoms with Crippen LogP contribution in [0.1, 0.15) is 24.8 Å². The normalized spacial score (nSPS) is 29.2. The van der Waals surface area contributed by atoms with Crippen LogP contribution in [0.15, 0.2) is 30.3 Å². The van der Waals surface area contributed by atoms with Gasteiger partial charge in [0.15, 0.2) is 0 Å². The van der Waals surface area contributed by atoms with Gasteiger partial charge in [-0.15, -0.1) is 0 Å². The van der Waals surface area contributed by atoms with Gasteiger partial charge in [0.2, 0.25) is 5.91 Å². The molecule has 2 aliphatic rings. The van der Waals surface area contributed by atoms with Crippen LogP contribution in [0.2, 0.25) is 0 Å². The number of amides is 1. The van der Waals surface area contributed by atoms with Crippen LogP contribution in [0.4, 0.5) is 0 Å². The molecule has 1 heterocycles. The van der Waals surface area contributed by atoms with Crippen molar-refractivity contribution < 1.29 is 4.79 Å². The molecule has 2 atom stereocenters. The Morgan fingerprint density at radius 1 is 1.35 bits per heavy atom. The van der Waals surface area contributed by atoms with Gasteiger partial charge in [-0.05, 0) is 18.9 Å². The highest BCUT2D eigenvalue weighted by Gasteiger charge is 2.50. The molecule has 1 amide bonds. The lowest BCUT2D eigenvalue weighted by atomic mass is 10.1. The zero-order valence-electron chi connectivity index (χ0n) is 12.1. The van der Waals surface area contributed by atoms with Gasteiger partial charge in [-0.2, -0.15) is 0 Å². The number of carbonyl (C=O) groups excluding carboxylic acids is 1. The SMILES string of the molecule is C[C@]1(NCC(=O)N2CCNCC2)C[C@H]1c1ccccc1. The zero-order chi connectivity index (χ0) is 14.0. The number of nitrogens with one attached hydrogen (secondary N) is 2. The monoisotopic (exact) mass is 273 g/mol. The Labute approximate surface area is 120 Å². The third kappa shape index (κ3) is 2.86. The van der Waals surface area contributed by atoms with E-state index in [4.69, 9.17) is 0 Å². The molecule has 1 aromatic rings. The summed E-state index contributed by atoms with van der Waals surface area (Å²) in [5.74, 6) is 0.769. The number of carbonyl (C=O) groups is 1. The van der Waals surface area contributed by atoms with Gasteiger partial charge in [0.25, 0.3) is 0 Å². The first-order chi connectivity index (χ1) is 9.69. The van der Waals surface area contributed by atoms with E-state index in [0.29, 0.717) is 12.5 Å². The molecule has 0 spiro atoms. The molecule has 1 aliphatic heterocycles. The second-order valence-corrected chi connectivity index (χ2v) is 6.07. The Bertz CT molecular complexity index is 470. The van der Waals surface area contributed by atoms with Crippen molar-refractivity contribution in [1.82, 2.24) is 15.5 Å². The number of piperazine rings is 1. The highest BCUT2D eigenvalue weighted by atomic mass is 16.2. The fourth-order valence-corrected chi connectivity index (χ4v) is 3.04. The maximum Gasteiger partial charge on any atom is 0.236 e. The molecule has 0 unspecified atom stereocenters. The summed E-state index contributed by atoms with van der Waals surface area (Å²) in [6.45, 7) is 6.17. The minimum Gasteiger partial charge on any atom is -0.339 e. The van der Waals surface area contributed by atoms with Crippen LogP contribution in [0.3, 0.4) is 0 Å². The quantitative estimate of drug-likeness (QED) is 0.858. The maximum absolute atomic E-state index is 12.2. The lowest BCUT2D eigenvalue weighted by Gasteiger charge is -2.28. The standard InChI is InChI=1S/C16H23N3O/c1-16(11-14(16)13-5-3-2-4-6-13)18-12-15(20)19-9-7-17-8-10-19/h2-6,14,17-18H,7-12H2,1H3/t14-,16-/m0/s1. The van der Waals surface area contributed by atoms with E-state index in [1.165, 1.54) is 5.56 Å². The average molecular weight is 273 g/mol. The largest absolute Gasteiger partial charge is 0.339 e. The van der Waals surface area contributed by atoms with Crippen LogP contribution in [0, 0.1) is 0 Å². The predicted octanol–water partition coefficient (Wildman–Crippen LogP) is 0.954. The summed E-state index contributed by atoms with van der Waals surface area (Å²) in [6.07, 6.45) is 1.12. The Kier molecular flexibility index (Phi) is 3.76. The molecule has 4 heteroatoms. The Morgan fingerprint density at radius 3 is 2.75 bits per heavy atom. The third-order valence-electron chi connectivity index (χ3n) is 4.55. The van der Waals surface area contributed by atoms with E-state index in [2.05, 4.69) is 41.8 Å². The molecule has 2 fully saturated rings. The predicted molar refractivity (Wildman–Crippen MR) is 79.7 cm³/mol. The Hall–Kier alpha value is -1.39. The zero-order valence-corrected chi connectivity index (χ0v) is 12.1. The second kappa shape index (κ2) is 5.54. The summed E-state index contributed by atoms with van der Waals surface area (Å²) >= 11 is 0. The summed E-state index contributed by atoms with van der Waals surface area (Å²) in [5, 5.41) is 6.74. The van der Waals surface area contributed by atoms with Crippen molar-refractivity contribution in [2.75, 3.05) is 32.7 Å². The second-order valence-electron chi connectivity index (χ2n) is 6.07. The number of nitrogens with zero attached hydrogens (tertiary/aromatic N) is 1. The van der Waals surface area contributed by atoms with E-state index in [9.17, 15) is 4.79 Å². The highest BCUT2D eigenvalue weighted by Crippen LogP contribution is 2.50. The van der Waals surface area contributed by atoms with Crippen molar-refractivity contribution >= 4 is 5.91 Å². The first-order valence-electron chi connectivity index (χ1n) is 7.47.